The zero-order valence-corrected chi connectivity index (χ0v) is 13.4. The van der Waals surface area contributed by atoms with Crippen LogP contribution >= 0.6 is 11.3 Å². The Labute approximate surface area is 132 Å². The number of sulfonamides is 1. The number of aromatic nitrogens is 1. The normalized spacial score (nSPS) is 13.0. The molecule has 0 unspecified atom stereocenters. The number of thiazole rings is 1. The molecule has 2 aromatic rings. The first kappa shape index (κ1) is 16.5. The van der Waals surface area contributed by atoms with E-state index in [1.165, 1.54) is 23.5 Å². The van der Waals surface area contributed by atoms with Gasteiger partial charge in [-0.25, -0.2) is 13.1 Å². The summed E-state index contributed by atoms with van der Waals surface area (Å²) in [5.74, 6) is -0.0754. The number of nitrogens with zero attached hydrogens (tertiary/aromatic N) is 2. The van der Waals surface area contributed by atoms with Crippen LogP contribution in [-0.2, 0) is 16.4 Å². The molecule has 1 aromatic heterocycles. The van der Waals surface area contributed by atoms with Crippen LogP contribution in [0.4, 0.5) is 5.69 Å². The van der Waals surface area contributed by atoms with Crippen molar-refractivity contribution in [1.82, 2.24) is 9.71 Å². The number of rotatable bonds is 7. The van der Waals surface area contributed by atoms with Crippen molar-refractivity contribution in [2.75, 3.05) is 5.75 Å². The molecular formula is C13H15N3O4S2. The standard InChI is InChI=1S/C13H15N3O4S2/c1-10(13-8-14-9-21-13)15-22(19,20)7-6-11-2-4-12(5-3-11)16(17)18/h2-5,8-10,15H,6-7H2,1H3/t10-/m0/s1. The van der Waals surface area contributed by atoms with Gasteiger partial charge in [0.1, 0.15) is 0 Å². The van der Waals surface area contributed by atoms with Gasteiger partial charge in [0, 0.05) is 23.2 Å². The van der Waals surface area contributed by atoms with E-state index in [9.17, 15) is 18.5 Å². The molecule has 1 heterocycles. The third-order valence-electron chi connectivity index (χ3n) is 3.04. The molecule has 0 spiro atoms. The number of nitrogens with one attached hydrogen (secondary N) is 1. The van der Waals surface area contributed by atoms with Crippen molar-refractivity contribution in [3.63, 3.8) is 0 Å². The molecule has 0 bridgehead atoms. The van der Waals surface area contributed by atoms with Gasteiger partial charge in [-0.3, -0.25) is 15.1 Å². The van der Waals surface area contributed by atoms with E-state index in [4.69, 9.17) is 0 Å². The number of nitro groups is 1. The fraction of sp³-hybridized carbons (Fsp3) is 0.308. The van der Waals surface area contributed by atoms with Crippen LogP contribution in [0.2, 0.25) is 0 Å². The van der Waals surface area contributed by atoms with Crippen LogP contribution < -0.4 is 4.72 Å². The first-order valence-electron chi connectivity index (χ1n) is 6.49. The Kier molecular flexibility index (Phi) is 5.22. The molecule has 0 saturated carbocycles. The average molecular weight is 341 g/mol. The number of non-ortho nitro benzene ring substituents is 1. The molecule has 7 nitrogen and oxygen atoms in total. The molecule has 0 amide bonds. The molecule has 9 heteroatoms. The van der Waals surface area contributed by atoms with Crippen molar-refractivity contribution in [3.05, 3.63) is 56.5 Å². The van der Waals surface area contributed by atoms with E-state index in [2.05, 4.69) is 9.71 Å². The first-order valence-corrected chi connectivity index (χ1v) is 9.02. The summed E-state index contributed by atoms with van der Waals surface area (Å²) < 4.78 is 26.7. The minimum atomic E-state index is -3.44. The number of hydrogen-bond donors (Lipinski definition) is 1. The van der Waals surface area contributed by atoms with Crippen molar-refractivity contribution in [2.45, 2.75) is 19.4 Å². The van der Waals surface area contributed by atoms with E-state index >= 15 is 0 Å². The van der Waals surface area contributed by atoms with E-state index in [0.29, 0.717) is 6.42 Å². The number of benzene rings is 1. The van der Waals surface area contributed by atoms with Crippen molar-refractivity contribution in [3.8, 4) is 0 Å². The van der Waals surface area contributed by atoms with Gasteiger partial charge in [-0.1, -0.05) is 12.1 Å². The van der Waals surface area contributed by atoms with Gasteiger partial charge >= 0.3 is 0 Å². The largest absolute Gasteiger partial charge is 0.269 e. The molecule has 1 atom stereocenters. The lowest BCUT2D eigenvalue weighted by Crippen LogP contribution is -2.29. The summed E-state index contributed by atoms with van der Waals surface area (Å²) in [5.41, 5.74) is 2.38. The molecule has 0 fully saturated rings. The van der Waals surface area contributed by atoms with E-state index in [1.807, 2.05) is 0 Å². The van der Waals surface area contributed by atoms with Crippen molar-refractivity contribution in [1.29, 1.82) is 0 Å². The highest BCUT2D eigenvalue weighted by atomic mass is 32.2. The molecule has 0 aliphatic rings. The van der Waals surface area contributed by atoms with Gasteiger partial charge in [0.2, 0.25) is 10.0 Å². The summed E-state index contributed by atoms with van der Waals surface area (Å²) in [6, 6.07) is 5.56. The lowest BCUT2D eigenvalue weighted by molar-refractivity contribution is -0.384. The molecule has 2 rings (SSSR count). The van der Waals surface area contributed by atoms with Crippen LogP contribution in [0.5, 0.6) is 0 Å². The van der Waals surface area contributed by atoms with E-state index in [1.54, 1.807) is 30.8 Å². The SMILES string of the molecule is C[C@H](NS(=O)(=O)CCc1ccc([N+](=O)[O-])cc1)c1cncs1. The monoisotopic (exact) mass is 341 g/mol. The van der Waals surface area contributed by atoms with Crippen molar-refractivity contribution < 1.29 is 13.3 Å². The quantitative estimate of drug-likeness (QED) is 0.615. The molecule has 0 aliphatic carbocycles. The fourth-order valence-electron chi connectivity index (χ4n) is 1.86. The molecule has 0 radical (unpaired) electrons. The maximum Gasteiger partial charge on any atom is 0.269 e. The van der Waals surface area contributed by atoms with Crippen LogP contribution in [0.15, 0.2) is 36.0 Å². The predicted octanol–water partition coefficient (Wildman–Crippen LogP) is 2.27. The van der Waals surface area contributed by atoms with Crippen molar-refractivity contribution in [2.24, 2.45) is 0 Å². The highest BCUT2D eigenvalue weighted by molar-refractivity contribution is 7.89. The Hall–Kier alpha value is -1.84. The van der Waals surface area contributed by atoms with Gasteiger partial charge in [0.25, 0.3) is 5.69 Å². The van der Waals surface area contributed by atoms with Crippen LogP contribution in [-0.4, -0.2) is 24.1 Å². The second-order valence-electron chi connectivity index (χ2n) is 4.74. The number of aryl methyl sites for hydroxylation is 1. The minimum absolute atomic E-state index is 0.0106. The Morgan fingerprint density at radius 1 is 1.36 bits per heavy atom. The molecule has 0 aliphatic heterocycles. The summed E-state index contributed by atoms with van der Waals surface area (Å²) >= 11 is 1.39. The molecular weight excluding hydrogens is 326 g/mol. The van der Waals surface area contributed by atoms with Crippen LogP contribution in [0.3, 0.4) is 0 Å². The Morgan fingerprint density at radius 3 is 2.59 bits per heavy atom. The van der Waals surface area contributed by atoms with Crippen LogP contribution in [0.1, 0.15) is 23.4 Å². The van der Waals surface area contributed by atoms with Crippen LogP contribution in [0.25, 0.3) is 0 Å². The van der Waals surface area contributed by atoms with E-state index in [0.717, 1.165) is 10.4 Å². The second kappa shape index (κ2) is 6.95. The first-order chi connectivity index (χ1) is 10.4. The van der Waals surface area contributed by atoms with Gasteiger partial charge < -0.3 is 0 Å². The molecule has 22 heavy (non-hydrogen) atoms. The fourth-order valence-corrected chi connectivity index (χ4v) is 3.85. The van der Waals surface area contributed by atoms with Gasteiger partial charge in [0.15, 0.2) is 0 Å². The summed E-state index contributed by atoms with van der Waals surface area (Å²) in [5, 5.41) is 10.6. The summed E-state index contributed by atoms with van der Waals surface area (Å²) in [6.07, 6.45) is 1.93. The van der Waals surface area contributed by atoms with Crippen LogP contribution in [0, 0.1) is 10.1 Å². The van der Waals surface area contributed by atoms with E-state index in [-0.39, 0.29) is 17.5 Å². The third-order valence-corrected chi connectivity index (χ3v) is 5.45. The highest BCUT2D eigenvalue weighted by Gasteiger charge is 2.17. The number of nitro benzene ring substituents is 1. The zero-order valence-electron chi connectivity index (χ0n) is 11.8. The molecule has 1 aromatic carbocycles. The maximum atomic E-state index is 12.0. The summed E-state index contributed by atoms with van der Waals surface area (Å²) in [4.78, 5) is 14.8. The Morgan fingerprint density at radius 2 is 2.05 bits per heavy atom. The zero-order chi connectivity index (χ0) is 16.2. The second-order valence-corrected chi connectivity index (χ2v) is 7.53. The summed E-state index contributed by atoms with van der Waals surface area (Å²) in [6.45, 7) is 1.76. The smallest absolute Gasteiger partial charge is 0.258 e. The van der Waals surface area contributed by atoms with Gasteiger partial charge in [-0.05, 0) is 18.9 Å². The minimum Gasteiger partial charge on any atom is -0.258 e. The molecule has 118 valence electrons. The Balaban J connectivity index is 1.93. The average Bonchev–Trinajstić information content (AvgIpc) is 2.99. The highest BCUT2D eigenvalue weighted by Crippen LogP contribution is 2.18. The van der Waals surface area contributed by atoms with Gasteiger partial charge in [-0.2, -0.15) is 0 Å². The van der Waals surface area contributed by atoms with E-state index < -0.39 is 14.9 Å². The molecule has 1 N–H and O–H groups in total. The lowest BCUT2D eigenvalue weighted by Gasteiger charge is -2.12. The third kappa shape index (κ3) is 4.58. The van der Waals surface area contributed by atoms with Gasteiger partial charge in [-0.15, -0.1) is 11.3 Å². The topological polar surface area (TPSA) is 102 Å². The predicted molar refractivity (Wildman–Crippen MR) is 84.3 cm³/mol. The number of hydrogen-bond acceptors (Lipinski definition) is 6. The van der Waals surface area contributed by atoms with Crippen molar-refractivity contribution >= 4 is 27.0 Å². The Bertz CT molecular complexity index is 727. The van der Waals surface area contributed by atoms with Gasteiger partial charge in [0.05, 0.1) is 22.2 Å². The lowest BCUT2D eigenvalue weighted by atomic mass is 10.1. The summed E-state index contributed by atoms with van der Waals surface area (Å²) in [7, 11) is -3.44. The molecule has 0 saturated heterocycles. The maximum absolute atomic E-state index is 12.0.